The summed E-state index contributed by atoms with van der Waals surface area (Å²) < 4.78 is 13.0. The fourth-order valence-corrected chi connectivity index (χ4v) is 3.69. The first kappa shape index (κ1) is 18.0. The van der Waals surface area contributed by atoms with E-state index in [9.17, 15) is 18.8 Å². The molecule has 1 unspecified atom stereocenters. The summed E-state index contributed by atoms with van der Waals surface area (Å²) in [7, 11) is 0. The summed E-state index contributed by atoms with van der Waals surface area (Å²) in [5.41, 5.74) is 1.89. The summed E-state index contributed by atoms with van der Waals surface area (Å²) in [4.78, 5) is 42.9. The molecule has 1 aliphatic rings. The third-order valence-corrected chi connectivity index (χ3v) is 5.22. The number of rotatable bonds is 4. The number of amides is 3. The van der Waals surface area contributed by atoms with Gasteiger partial charge in [0.2, 0.25) is 5.91 Å². The van der Waals surface area contributed by atoms with Crippen LogP contribution in [0.5, 0.6) is 0 Å². The van der Waals surface area contributed by atoms with E-state index in [2.05, 4.69) is 10.3 Å². The number of aromatic nitrogens is 1. The zero-order chi connectivity index (χ0) is 19.8. The van der Waals surface area contributed by atoms with Crippen molar-refractivity contribution in [3.05, 3.63) is 70.9 Å². The van der Waals surface area contributed by atoms with Crippen LogP contribution in [0.15, 0.2) is 53.9 Å². The molecule has 8 heteroatoms. The highest BCUT2D eigenvalue weighted by atomic mass is 32.1. The molecule has 2 heterocycles. The molecule has 0 aliphatic carbocycles. The van der Waals surface area contributed by atoms with Crippen LogP contribution in [-0.2, 0) is 4.79 Å². The molecule has 0 spiro atoms. The Balaban J connectivity index is 1.49. The lowest BCUT2D eigenvalue weighted by Gasteiger charge is -2.21. The molecular formula is C20H14FN3O3S. The minimum absolute atomic E-state index is 0.292. The molecule has 0 saturated carbocycles. The predicted octanol–water partition coefficient (Wildman–Crippen LogP) is 3.57. The normalized spacial score (nSPS) is 14.1. The van der Waals surface area contributed by atoms with E-state index < -0.39 is 23.8 Å². The summed E-state index contributed by atoms with van der Waals surface area (Å²) >= 11 is 1.20. The second kappa shape index (κ2) is 6.97. The molecule has 2 aromatic carbocycles. The first-order valence-electron chi connectivity index (χ1n) is 8.45. The van der Waals surface area contributed by atoms with Gasteiger partial charge in [0.15, 0.2) is 5.13 Å². The molecular weight excluding hydrogens is 381 g/mol. The van der Waals surface area contributed by atoms with E-state index >= 15 is 0 Å². The minimum Gasteiger partial charge on any atom is -0.300 e. The first-order valence-corrected chi connectivity index (χ1v) is 9.33. The largest absolute Gasteiger partial charge is 0.300 e. The Hall–Kier alpha value is -3.39. The third kappa shape index (κ3) is 3.07. The lowest BCUT2D eigenvalue weighted by molar-refractivity contribution is -0.119. The van der Waals surface area contributed by atoms with Crippen LogP contribution in [0.1, 0.15) is 27.6 Å². The number of benzene rings is 2. The maximum Gasteiger partial charge on any atom is 0.262 e. The molecule has 1 atom stereocenters. The van der Waals surface area contributed by atoms with Crippen molar-refractivity contribution in [2.45, 2.75) is 13.0 Å². The molecule has 0 fully saturated rings. The average molecular weight is 395 g/mol. The lowest BCUT2D eigenvalue weighted by atomic mass is 10.1. The van der Waals surface area contributed by atoms with Gasteiger partial charge in [-0.15, -0.1) is 11.3 Å². The van der Waals surface area contributed by atoms with Crippen molar-refractivity contribution in [2.24, 2.45) is 0 Å². The fraction of sp³-hybridized carbons (Fsp3) is 0.100. The van der Waals surface area contributed by atoms with Crippen LogP contribution in [0.2, 0.25) is 0 Å². The quantitative estimate of drug-likeness (QED) is 0.685. The Morgan fingerprint density at radius 2 is 1.68 bits per heavy atom. The molecule has 4 rings (SSSR count). The van der Waals surface area contributed by atoms with Gasteiger partial charge in [-0.3, -0.25) is 19.3 Å². The summed E-state index contributed by atoms with van der Waals surface area (Å²) in [6.45, 7) is 1.49. The number of nitrogens with zero attached hydrogens (tertiary/aromatic N) is 2. The maximum atomic E-state index is 13.0. The average Bonchev–Trinajstić information content (AvgIpc) is 3.25. The van der Waals surface area contributed by atoms with E-state index in [0.717, 1.165) is 4.90 Å². The second-order valence-corrected chi connectivity index (χ2v) is 7.09. The number of imide groups is 1. The molecule has 1 N–H and O–H groups in total. The minimum atomic E-state index is -0.995. The highest BCUT2D eigenvalue weighted by molar-refractivity contribution is 7.14. The summed E-state index contributed by atoms with van der Waals surface area (Å²) in [5, 5.41) is 4.69. The van der Waals surface area contributed by atoms with Gasteiger partial charge in [0.25, 0.3) is 11.8 Å². The first-order chi connectivity index (χ1) is 13.5. The van der Waals surface area contributed by atoms with E-state index in [4.69, 9.17) is 0 Å². The van der Waals surface area contributed by atoms with Crippen LogP contribution < -0.4 is 5.32 Å². The number of thiazole rings is 1. The van der Waals surface area contributed by atoms with Crippen molar-refractivity contribution in [3.8, 4) is 11.3 Å². The number of carbonyl (C=O) groups is 3. The van der Waals surface area contributed by atoms with E-state index in [1.807, 2.05) is 0 Å². The number of fused-ring (bicyclic) bond motifs is 1. The Morgan fingerprint density at radius 3 is 2.29 bits per heavy atom. The van der Waals surface area contributed by atoms with Crippen molar-refractivity contribution in [1.29, 1.82) is 0 Å². The highest BCUT2D eigenvalue weighted by Crippen LogP contribution is 2.27. The van der Waals surface area contributed by atoms with E-state index in [-0.39, 0.29) is 5.82 Å². The van der Waals surface area contributed by atoms with Gasteiger partial charge < -0.3 is 5.32 Å². The maximum absolute atomic E-state index is 13.0. The second-order valence-electron chi connectivity index (χ2n) is 6.24. The lowest BCUT2D eigenvalue weighted by Crippen LogP contribution is -2.45. The molecule has 0 radical (unpaired) electrons. The third-order valence-electron chi connectivity index (χ3n) is 4.47. The summed E-state index contributed by atoms with van der Waals surface area (Å²) in [6, 6.07) is 11.3. The molecule has 28 heavy (non-hydrogen) atoms. The van der Waals surface area contributed by atoms with E-state index in [1.165, 1.54) is 30.4 Å². The monoisotopic (exact) mass is 395 g/mol. The van der Waals surface area contributed by atoms with Crippen molar-refractivity contribution in [3.63, 3.8) is 0 Å². The highest BCUT2D eigenvalue weighted by Gasteiger charge is 2.40. The molecule has 1 aromatic heterocycles. The summed E-state index contributed by atoms with van der Waals surface area (Å²) in [6.07, 6.45) is 0. The molecule has 0 saturated heterocycles. The van der Waals surface area contributed by atoms with Crippen LogP contribution >= 0.6 is 11.3 Å². The smallest absolute Gasteiger partial charge is 0.262 e. The van der Waals surface area contributed by atoms with Gasteiger partial charge in [0.1, 0.15) is 11.9 Å². The van der Waals surface area contributed by atoms with Gasteiger partial charge in [-0.25, -0.2) is 9.37 Å². The molecule has 140 valence electrons. The Morgan fingerprint density at radius 1 is 1.07 bits per heavy atom. The van der Waals surface area contributed by atoms with E-state index in [1.54, 1.807) is 41.8 Å². The van der Waals surface area contributed by atoms with Crippen molar-refractivity contribution < 1.29 is 18.8 Å². The van der Waals surface area contributed by atoms with Gasteiger partial charge in [-0.05, 0) is 43.3 Å². The Labute approximate surface area is 163 Å². The number of hydrogen-bond donors (Lipinski definition) is 1. The van der Waals surface area contributed by atoms with Crippen LogP contribution in [0.4, 0.5) is 9.52 Å². The fourth-order valence-electron chi connectivity index (χ4n) is 2.97. The summed E-state index contributed by atoms with van der Waals surface area (Å²) in [5.74, 6) is -1.85. The molecule has 6 nitrogen and oxygen atoms in total. The van der Waals surface area contributed by atoms with Crippen LogP contribution in [0, 0.1) is 5.82 Å². The van der Waals surface area contributed by atoms with Gasteiger partial charge in [-0.2, -0.15) is 0 Å². The van der Waals surface area contributed by atoms with Crippen molar-refractivity contribution >= 4 is 34.2 Å². The zero-order valence-electron chi connectivity index (χ0n) is 14.7. The van der Waals surface area contributed by atoms with Crippen molar-refractivity contribution in [1.82, 2.24) is 9.88 Å². The van der Waals surface area contributed by atoms with Crippen LogP contribution in [0.25, 0.3) is 11.3 Å². The number of carbonyl (C=O) groups excluding carboxylic acids is 3. The molecule has 3 amide bonds. The van der Waals surface area contributed by atoms with Gasteiger partial charge >= 0.3 is 0 Å². The number of nitrogens with one attached hydrogen (secondary N) is 1. The Kier molecular flexibility index (Phi) is 4.48. The van der Waals surface area contributed by atoms with Crippen LogP contribution in [-0.4, -0.2) is 33.6 Å². The number of anilines is 1. The zero-order valence-corrected chi connectivity index (χ0v) is 15.5. The number of halogens is 1. The molecule has 1 aliphatic heterocycles. The standard InChI is InChI=1S/C20H14FN3O3S/c1-11(24-18(26)14-4-2-3-5-15(14)19(24)27)17(25)23-20-22-16(10-28-20)12-6-8-13(21)9-7-12/h2-11H,1H3,(H,22,23,25). The van der Waals surface area contributed by atoms with Gasteiger partial charge in [-0.1, -0.05) is 12.1 Å². The van der Waals surface area contributed by atoms with Gasteiger partial charge in [0.05, 0.1) is 16.8 Å². The predicted molar refractivity (Wildman–Crippen MR) is 103 cm³/mol. The molecule has 3 aromatic rings. The SMILES string of the molecule is CC(C(=O)Nc1nc(-c2ccc(F)cc2)cs1)N1C(=O)c2ccccc2C1=O. The Bertz CT molecular complexity index is 1060. The van der Waals surface area contributed by atoms with Gasteiger partial charge in [0, 0.05) is 10.9 Å². The van der Waals surface area contributed by atoms with Crippen LogP contribution in [0.3, 0.4) is 0 Å². The van der Waals surface area contributed by atoms with E-state index in [0.29, 0.717) is 27.5 Å². The number of hydrogen-bond acceptors (Lipinski definition) is 5. The molecule has 0 bridgehead atoms. The van der Waals surface area contributed by atoms with Crippen molar-refractivity contribution in [2.75, 3.05) is 5.32 Å². The topological polar surface area (TPSA) is 79.4 Å².